The molecule has 1 N–H and O–H groups in total. The summed E-state index contributed by atoms with van der Waals surface area (Å²) in [5.41, 5.74) is -0.414. The second kappa shape index (κ2) is 5.27. The SMILES string of the molecule is COc1c2occc2c(OC)c2c(Cl)c(/C=N/O)c(=O)oc12. The molecule has 7 nitrogen and oxygen atoms in total. The van der Waals surface area contributed by atoms with E-state index in [2.05, 4.69) is 5.16 Å². The van der Waals surface area contributed by atoms with Gasteiger partial charge in [0.25, 0.3) is 0 Å². The second-order valence-electron chi connectivity index (χ2n) is 4.30. The number of hydrogen-bond acceptors (Lipinski definition) is 7. The van der Waals surface area contributed by atoms with E-state index in [1.807, 2.05) is 0 Å². The zero-order chi connectivity index (χ0) is 15.9. The minimum Gasteiger partial charge on any atom is -0.495 e. The Hall–Kier alpha value is -2.67. The van der Waals surface area contributed by atoms with E-state index in [1.54, 1.807) is 6.07 Å². The van der Waals surface area contributed by atoms with Crippen LogP contribution in [0.5, 0.6) is 11.5 Å². The normalized spacial score (nSPS) is 11.6. The number of oxime groups is 1. The lowest BCUT2D eigenvalue weighted by Gasteiger charge is -2.12. The molecule has 2 aromatic heterocycles. The van der Waals surface area contributed by atoms with Crippen LogP contribution in [0.2, 0.25) is 5.02 Å². The molecule has 0 unspecified atom stereocenters. The summed E-state index contributed by atoms with van der Waals surface area (Å²) in [5, 5.41) is 12.5. The highest BCUT2D eigenvalue weighted by atomic mass is 35.5. The van der Waals surface area contributed by atoms with Crippen molar-refractivity contribution in [2.24, 2.45) is 5.16 Å². The molecule has 0 aliphatic carbocycles. The van der Waals surface area contributed by atoms with Crippen LogP contribution in [0.15, 0.2) is 31.1 Å². The number of furan rings is 1. The highest BCUT2D eigenvalue weighted by Crippen LogP contribution is 2.45. The Labute approximate surface area is 128 Å². The summed E-state index contributed by atoms with van der Waals surface area (Å²) >= 11 is 6.28. The summed E-state index contributed by atoms with van der Waals surface area (Å²) in [6.07, 6.45) is 2.36. The first-order valence-corrected chi connectivity index (χ1v) is 6.46. The van der Waals surface area contributed by atoms with Gasteiger partial charge in [-0.05, 0) is 6.07 Å². The molecule has 0 aliphatic rings. The third kappa shape index (κ3) is 1.82. The molecule has 0 radical (unpaired) electrons. The van der Waals surface area contributed by atoms with Crippen molar-refractivity contribution in [1.29, 1.82) is 0 Å². The number of halogens is 1. The van der Waals surface area contributed by atoms with E-state index in [0.29, 0.717) is 22.1 Å². The van der Waals surface area contributed by atoms with Gasteiger partial charge in [-0.15, -0.1) is 0 Å². The standard InChI is InChI=1S/C14H10ClNO6/c1-19-10-6-3-4-21-11(6)13(20-2)12-8(10)9(15)7(5-16-18)14(17)22-12/h3-5,18H,1-2H3/b16-5+. The third-order valence-electron chi connectivity index (χ3n) is 3.24. The van der Waals surface area contributed by atoms with E-state index in [1.165, 1.54) is 20.5 Å². The Morgan fingerprint density at radius 3 is 2.64 bits per heavy atom. The highest BCUT2D eigenvalue weighted by molar-refractivity contribution is 6.39. The van der Waals surface area contributed by atoms with Crippen molar-refractivity contribution >= 4 is 39.8 Å². The van der Waals surface area contributed by atoms with Crippen molar-refractivity contribution in [3.63, 3.8) is 0 Å². The molecule has 0 amide bonds. The van der Waals surface area contributed by atoms with Crippen LogP contribution in [0.25, 0.3) is 21.9 Å². The van der Waals surface area contributed by atoms with Crippen molar-refractivity contribution in [3.8, 4) is 11.5 Å². The van der Waals surface area contributed by atoms with Gasteiger partial charge in [-0.2, -0.15) is 0 Å². The molecular formula is C14H10ClNO6. The topological polar surface area (TPSA) is 94.4 Å². The molecule has 0 fully saturated rings. The summed E-state index contributed by atoms with van der Waals surface area (Å²) in [4.78, 5) is 12.0. The van der Waals surface area contributed by atoms with Crippen molar-refractivity contribution < 1.29 is 23.5 Å². The summed E-state index contributed by atoms with van der Waals surface area (Å²) < 4.78 is 21.3. The van der Waals surface area contributed by atoms with E-state index in [4.69, 9.17) is 35.1 Å². The van der Waals surface area contributed by atoms with Gasteiger partial charge in [-0.25, -0.2) is 4.79 Å². The maximum atomic E-state index is 12.0. The van der Waals surface area contributed by atoms with Crippen LogP contribution in [0.3, 0.4) is 0 Å². The fourth-order valence-electron chi connectivity index (χ4n) is 2.35. The van der Waals surface area contributed by atoms with Crippen LogP contribution in [0.1, 0.15) is 5.56 Å². The number of fused-ring (bicyclic) bond motifs is 2. The molecule has 22 heavy (non-hydrogen) atoms. The molecule has 1 aromatic carbocycles. The maximum Gasteiger partial charge on any atom is 0.346 e. The van der Waals surface area contributed by atoms with E-state index in [-0.39, 0.29) is 21.9 Å². The Morgan fingerprint density at radius 1 is 1.27 bits per heavy atom. The predicted molar refractivity (Wildman–Crippen MR) is 79.8 cm³/mol. The molecule has 0 bridgehead atoms. The summed E-state index contributed by atoms with van der Waals surface area (Å²) in [6.45, 7) is 0. The van der Waals surface area contributed by atoms with Crippen molar-refractivity contribution in [1.82, 2.24) is 0 Å². The summed E-state index contributed by atoms with van der Waals surface area (Å²) in [7, 11) is 2.87. The maximum absolute atomic E-state index is 12.0. The molecule has 3 aromatic rings. The van der Waals surface area contributed by atoms with Gasteiger partial charge in [0.1, 0.15) is 11.3 Å². The van der Waals surface area contributed by atoms with Gasteiger partial charge in [-0.3, -0.25) is 0 Å². The summed E-state index contributed by atoms with van der Waals surface area (Å²) in [5.74, 6) is 0.586. The molecular weight excluding hydrogens is 314 g/mol. The van der Waals surface area contributed by atoms with E-state index >= 15 is 0 Å². The van der Waals surface area contributed by atoms with Crippen LogP contribution in [0, 0.1) is 0 Å². The van der Waals surface area contributed by atoms with Gasteiger partial charge in [0, 0.05) is 0 Å². The predicted octanol–water partition coefficient (Wildman–Crippen LogP) is 3.02. The summed E-state index contributed by atoms with van der Waals surface area (Å²) in [6, 6.07) is 1.68. The van der Waals surface area contributed by atoms with Gasteiger partial charge in [0.15, 0.2) is 11.2 Å². The Kier molecular flexibility index (Phi) is 3.42. The van der Waals surface area contributed by atoms with Crippen molar-refractivity contribution in [3.05, 3.63) is 33.3 Å². The van der Waals surface area contributed by atoms with Crippen molar-refractivity contribution in [2.75, 3.05) is 14.2 Å². The molecule has 0 spiro atoms. The average molecular weight is 324 g/mol. The minimum atomic E-state index is -0.776. The zero-order valence-electron chi connectivity index (χ0n) is 11.5. The molecule has 8 heteroatoms. The van der Waals surface area contributed by atoms with Gasteiger partial charge in [0.2, 0.25) is 5.75 Å². The quantitative estimate of drug-likeness (QED) is 0.344. The number of benzene rings is 1. The lowest BCUT2D eigenvalue weighted by atomic mass is 10.1. The Balaban J connectivity index is 2.64. The first kappa shape index (κ1) is 14.3. The lowest BCUT2D eigenvalue weighted by Crippen LogP contribution is -2.09. The number of ether oxygens (including phenoxy) is 2. The first-order valence-electron chi connectivity index (χ1n) is 6.08. The van der Waals surface area contributed by atoms with Crippen LogP contribution < -0.4 is 15.1 Å². The average Bonchev–Trinajstić information content (AvgIpc) is 2.98. The van der Waals surface area contributed by atoms with Crippen molar-refractivity contribution in [2.45, 2.75) is 0 Å². The molecule has 0 aliphatic heterocycles. The highest BCUT2D eigenvalue weighted by Gasteiger charge is 2.24. The molecule has 2 heterocycles. The monoisotopic (exact) mass is 323 g/mol. The Morgan fingerprint density at radius 2 is 2.00 bits per heavy atom. The van der Waals surface area contributed by atoms with E-state index < -0.39 is 5.63 Å². The van der Waals surface area contributed by atoms with Gasteiger partial charge in [-0.1, -0.05) is 16.8 Å². The smallest absolute Gasteiger partial charge is 0.346 e. The lowest BCUT2D eigenvalue weighted by molar-refractivity contribution is 0.321. The zero-order valence-corrected chi connectivity index (χ0v) is 12.3. The molecule has 3 rings (SSSR count). The largest absolute Gasteiger partial charge is 0.495 e. The fourth-order valence-corrected chi connectivity index (χ4v) is 2.65. The molecule has 0 atom stereocenters. The number of hydrogen-bond donors (Lipinski definition) is 1. The van der Waals surface area contributed by atoms with Gasteiger partial charge < -0.3 is 23.5 Å². The van der Waals surface area contributed by atoms with Crippen LogP contribution in [0.4, 0.5) is 0 Å². The second-order valence-corrected chi connectivity index (χ2v) is 4.67. The number of methoxy groups -OCH3 is 2. The molecule has 114 valence electrons. The van der Waals surface area contributed by atoms with E-state index in [9.17, 15) is 4.79 Å². The minimum absolute atomic E-state index is 0.0299. The molecule has 0 saturated heterocycles. The van der Waals surface area contributed by atoms with Crippen LogP contribution >= 0.6 is 11.6 Å². The number of nitrogens with zero attached hydrogens (tertiary/aromatic N) is 1. The first-order chi connectivity index (χ1) is 10.6. The van der Waals surface area contributed by atoms with Gasteiger partial charge >= 0.3 is 5.63 Å². The van der Waals surface area contributed by atoms with E-state index in [0.717, 1.165) is 6.21 Å². The fraction of sp³-hybridized carbons (Fsp3) is 0.143. The van der Waals surface area contributed by atoms with Crippen LogP contribution in [-0.4, -0.2) is 25.6 Å². The third-order valence-corrected chi connectivity index (χ3v) is 3.63. The van der Waals surface area contributed by atoms with Gasteiger partial charge in [0.05, 0.1) is 42.5 Å². The van der Waals surface area contributed by atoms with Crippen LogP contribution in [-0.2, 0) is 0 Å². The number of rotatable bonds is 3. The molecule has 0 saturated carbocycles. The Bertz CT molecular complexity index is 956.